The molecule has 1 atom stereocenters. The number of thioether (sulfide) groups is 1. The van der Waals surface area contributed by atoms with Gasteiger partial charge >= 0.3 is 0 Å². The molecule has 1 amide bonds. The smallest absolute Gasteiger partial charge is 0.277 e. The number of aryl methyl sites for hydroxylation is 1. The Labute approximate surface area is 163 Å². The molecule has 1 aliphatic rings. The first kappa shape index (κ1) is 18.6. The summed E-state index contributed by atoms with van der Waals surface area (Å²) in [4.78, 5) is 12.3. The summed E-state index contributed by atoms with van der Waals surface area (Å²) < 4.78 is 33.9. The molecule has 3 aromatic rings. The predicted molar refractivity (Wildman–Crippen MR) is 97.1 cm³/mol. The fraction of sp³-hybridized carbons (Fsp3) is 0.333. The second-order valence-corrected chi connectivity index (χ2v) is 7.40. The van der Waals surface area contributed by atoms with Crippen LogP contribution >= 0.6 is 11.8 Å². The molecule has 0 radical (unpaired) electrons. The molecule has 0 bridgehead atoms. The molecule has 0 fully saturated rings. The minimum atomic E-state index is -0.659. The Morgan fingerprint density at radius 1 is 1.32 bits per heavy atom. The van der Waals surface area contributed by atoms with E-state index < -0.39 is 11.6 Å². The summed E-state index contributed by atoms with van der Waals surface area (Å²) in [5, 5.41) is 15.2. The summed E-state index contributed by atoms with van der Waals surface area (Å²) in [5.74, 6) is -0.887. The predicted octanol–water partition coefficient (Wildman–Crippen LogP) is 3.13. The van der Waals surface area contributed by atoms with Crippen molar-refractivity contribution >= 4 is 17.7 Å². The molecule has 146 valence electrons. The number of nitrogens with zero attached hydrogens (tertiary/aromatic N) is 4. The van der Waals surface area contributed by atoms with E-state index >= 15 is 0 Å². The molecule has 2 aromatic heterocycles. The lowest BCUT2D eigenvalue weighted by Crippen LogP contribution is -2.32. The zero-order valence-electron chi connectivity index (χ0n) is 15.0. The number of hydrogen-bond donors (Lipinski definition) is 1. The van der Waals surface area contributed by atoms with Crippen LogP contribution in [0.5, 0.6) is 0 Å². The SMILES string of the molecule is Cc1nnc(SCC(=O)N[C@@H]2CCCc3c2cnn3-c2cc(F)cc(F)c2)o1. The summed E-state index contributed by atoms with van der Waals surface area (Å²) in [7, 11) is 0. The molecule has 28 heavy (non-hydrogen) atoms. The van der Waals surface area contributed by atoms with E-state index in [1.807, 2.05) is 0 Å². The maximum atomic E-state index is 13.6. The molecule has 1 N–H and O–H groups in total. The van der Waals surface area contributed by atoms with Crippen molar-refractivity contribution in [3.8, 4) is 5.69 Å². The van der Waals surface area contributed by atoms with Crippen molar-refractivity contribution in [2.45, 2.75) is 37.5 Å². The van der Waals surface area contributed by atoms with Gasteiger partial charge < -0.3 is 9.73 Å². The number of benzene rings is 1. The van der Waals surface area contributed by atoms with Gasteiger partial charge in [0, 0.05) is 24.2 Å². The quantitative estimate of drug-likeness (QED) is 0.657. The highest BCUT2D eigenvalue weighted by molar-refractivity contribution is 7.99. The summed E-state index contributed by atoms with van der Waals surface area (Å²) >= 11 is 1.17. The highest BCUT2D eigenvalue weighted by Crippen LogP contribution is 2.31. The number of halogens is 2. The number of fused-ring (bicyclic) bond motifs is 1. The fourth-order valence-corrected chi connectivity index (χ4v) is 3.91. The molecular weight excluding hydrogens is 388 g/mol. The van der Waals surface area contributed by atoms with E-state index in [4.69, 9.17) is 4.42 Å². The van der Waals surface area contributed by atoms with Crippen molar-refractivity contribution in [2.24, 2.45) is 0 Å². The average Bonchev–Trinajstić information content (AvgIpc) is 3.26. The maximum absolute atomic E-state index is 13.6. The lowest BCUT2D eigenvalue weighted by molar-refractivity contribution is -0.119. The number of carbonyl (C=O) groups is 1. The Balaban J connectivity index is 1.48. The Hall–Kier alpha value is -2.75. The van der Waals surface area contributed by atoms with Gasteiger partial charge in [0.05, 0.1) is 23.7 Å². The van der Waals surface area contributed by atoms with Crippen LogP contribution in [-0.2, 0) is 11.2 Å². The summed E-state index contributed by atoms with van der Waals surface area (Å²) in [6, 6.07) is 3.10. The Kier molecular flexibility index (Phi) is 5.12. The van der Waals surface area contributed by atoms with Crippen LogP contribution in [0.3, 0.4) is 0 Å². The van der Waals surface area contributed by atoms with Crippen molar-refractivity contribution in [2.75, 3.05) is 5.75 Å². The van der Waals surface area contributed by atoms with Crippen LogP contribution < -0.4 is 5.32 Å². The van der Waals surface area contributed by atoms with Crippen LogP contribution in [0.4, 0.5) is 8.78 Å². The first-order valence-corrected chi connectivity index (χ1v) is 9.73. The van der Waals surface area contributed by atoms with Gasteiger partial charge in [0.15, 0.2) is 0 Å². The van der Waals surface area contributed by atoms with Gasteiger partial charge in [-0.05, 0) is 31.4 Å². The Morgan fingerprint density at radius 2 is 2.11 bits per heavy atom. The van der Waals surface area contributed by atoms with Crippen LogP contribution in [0.2, 0.25) is 0 Å². The van der Waals surface area contributed by atoms with Crippen LogP contribution in [-0.4, -0.2) is 31.6 Å². The van der Waals surface area contributed by atoms with E-state index in [0.29, 0.717) is 16.8 Å². The minimum absolute atomic E-state index is 0.150. The van der Waals surface area contributed by atoms with E-state index in [2.05, 4.69) is 20.6 Å². The molecular formula is C18H17F2N5O2S. The van der Waals surface area contributed by atoms with Gasteiger partial charge in [-0.2, -0.15) is 5.10 Å². The van der Waals surface area contributed by atoms with E-state index in [1.165, 1.54) is 28.6 Å². The highest BCUT2D eigenvalue weighted by Gasteiger charge is 2.26. The molecule has 0 aliphatic heterocycles. The van der Waals surface area contributed by atoms with E-state index in [0.717, 1.165) is 36.6 Å². The van der Waals surface area contributed by atoms with E-state index in [9.17, 15) is 13.6 Å². The third kappa shape index (κ3) is 3.91. The number of carbonyl (C=O) groups excluding carboxylic acids is 1. The first-order valence-electron chi connectivity index (χ1n) is 8.75. The fourth-order valence-electron chi connectivity index (χ4n) is 3.29. The molecule has 2 heterocycles. The van der Waals surface area contributed by atoms with Crippen molar-refractivity contribution in [3.05, 3.63) is 53.2 Å². The zero-order valence-corrected chi connectivity index (χ0v) is 15.8. The molecule has 4 rings (SSSR count). The largest absolute Gasteiger partial charge is 0.416 e. The molecule has 0 spiro atoms. The van der Waals surface area contributed by atoms with Crippen LogP contribution in [0.15, 0.2) is 34.0 Å². The molecule has 0 saturated heterocycles. The number of rotatable bonds is 5. The molecule has 1 aromatic carbocycles. The van der Waals surface area contributed by atoms with Crippen LogP contribution in [0.25, 0.3) is 5.69 Å². The lowest BCUT2D eigenvalue weighted by Gasteiger charge is -2.24. The van der Waals surface area contributed by atoms with Crippen molar-refractivity contribution in [1.82, 2.24) is 25.3 Å². The number of amides is 1. The first-order chi connectivity index (χ1) is 13.5. The summed E-state index contributed by atoms with van der Waals surface area (Å²) in [5.41, 5.74) is 2.04. The summed E-state index contributed by atoms with van der Waals surface area (Å²) in [6.45, 7) is 1.68. The van der Waals surface area contributed by atoms with Gasteiger partial charge in [-0.15, -0.1) is 10.2 Å². The van der Waals surface area contributed by atoms with Gasteiger partial charge in [0.1, 0.15) is 11.6 Å². The topological polar surface area (TPSA) is 85.8 Å². The maximum Gasteiger partial charge on any atom is 0.277 e. The number of aromatic nitrogens is 4. The molecule has 10 heteroatoms. The Bertz CT molecular complexity index is 999. The van der Waals surface area contributed by atoms with Crippen molar-refractivity contribution in [3.63, 3.8) is 0 Å². The number of hydrogen-bond acceptors (Lipinski definition) is 6. The zero-order chi connectivity index (χ0) is 19.7. The third-order valence-electron chi connectivity index (χ3n) is 4.44. The van der Waals surface area contributed by atoms with Crippen LogP contribution in [0.1, 0.15) is 36.0 Å². The Morgan fingerprint density at radius 3 is 2.82 bits per heavy atom. The molecule has 1 aliphatic carbocycles. The standard InChI is InChI=1S/C18H17F2N5O2S/c1-10-23-24-18(27-10)28-9-17(26)22-15-3-2-4-16-14(15)8-21-25(16)13-6-11(19)5-12(20)7-13/h5-8,15H,2-4,9H2,1H3,(H,22,26)/t15-/m1/s1. The summed E-state index contributed by atoms with van der Waals surface area (Å²) in [6.07, 6.45) is 3.97. The molecule has 0 unspecified atom stereocenters. The third-order valence-corrected chi connectivity index (χ3v) is 5.26. The lowest BCUT2D eigenvalue weighted by atomic mass is 9.93. The second kappa shape index (κ2) is 7.70. The number of nitrogens with one attached hydrogen (secondary N) is 1. The van der Waals surface area contributed by atoms with Crippen molar-refractivity contribution < 1.29 is 18.0 Å². The monoisotopic (exact) mass is 405 g/mol. The minimum Gasteiger partial charge on any atom is -0.416 e. The molecule has 7 nitrogen and oxygen atoms in total. The van der Waals surface area contributed by atoms with Crippen LogP contribution in [0, 0.1) is 18.6 Å². The van der Waals surface area contributed by atoms with Gasteiger partial charge in [-0.1, -0.05) is 11.8 Å². The average molecular weight is 405 g/mol. The van der Waals surface area contributed by atoms with E-state index in [1.54, 1.807) is 13.1 Å². The van der Waals surface area contributed by atoms with Gasteiger partial charge in [-0.25, -0.2) is 13.5 Å². The molecule has 0 saturated carbocycles. The highest BCUT2D eigenvalue weighted by atomic mass is 32.2. The van der Waals surface area contributed by atoms with Crippen molar-refractivity contribution in [1.29, 1.82) is 0 Å². The van der Waals surface area contributed by atoms with Gasteiger partial charge in [0.25, 0.3) is 5.22 Å². The normalized spacial score (nSPS) is 16.0. The second-order valence-electron chi connectivity index (χ2n) is 6.47. The van der Waals surface area contributed by atoms with Gasteiger partial charge in [0.2, 0.25) is 11.8 Å². The van der Waals surface area contributed by atoms with E-state index in [-0.39, 0.29) is 17.7 Å². The van der Waals surface area contributed by atoms with Gasteiger partial charge in [-0.3, -0.25) is 4.79 Å².